The number of methoxy groups -OCH3 is 1. The molecule has 5 rings (SSSR count). The zero-order valence-corrected chi connectivity index (χ0v) is 18.2. The fourth-order valence-corrected chi connectivity index (χ4v) is 4.10. The molecule has 3 heterocycles. The summed E-state index contributed by atoms with van der Waals surface area (Å²) >= 11 is 0. The lowest BCUT2D eigenvalue weighted by Gasteiger charge is -2.29. The predicted molar refractivity (Wildman–Crippen MR) is 119 cm³/mol. The van der Waals surface area contributed by atoms with Crippen molar-refractivity contribution < 1.29 is 23.0 Å². The molecule has 0 radical (unpaired) electrons. The highest BCUT2D eigenvalue weighted by Gasteiger charge is 2.29. The lowest BCUT2D eigenvalue weighted by atomic mass is 10.1. The molecule has 1 saturated heterocycles. The maximum Gasteiger partial charge on any atom is 0.387 e. The lowest BCUT2D eigenvalue weighted by molar-refractivity contribution is -0.0502. The van der Waals surface area contributed by atoms with Gasteiger partial charge in [-0.2, -0.15) is 8.78 Å². The summed E-state index contributed by atoms with van der Waals surface area (Å²) in [4.78, 5) is 19.5. The largest absolute Gasteiger partial charge is 0.496 e. The Bertz CT molecular complexity index is 1170. The van der Waals surface area contributed by atoms with Crippen LogP contribution in [0, 0.1) is 0 Å². The van der Waals surface area contributed by atoms with Crippen LogP contribution < -0.4 is 25.0 Å². The number of piperazine rings is 1. The van der Waals surface area contributed by atoms with Crippen molar-refractivity contribution in [3.8, 4) is 22.8 Å². The Morgan fingerprint density at radius 3 is 2.67 bits per heavy atom. The molecule has 1 aromatic carbocycles. The van der Waals surface area contributed by atoms with Gasteiger partial charge in [0.1, 0.15) is 22.7 Å². The summed E-state index contributed by atoms with van der Waals surface area (Å²) < 4.78 is 38.4. The molecule has 8 nitrogen and oxygen atoms in total. The molecule has 2 N–H and O–H groups in total. The number of nitrogens with zero attached hydrogens (tertiary/aromatic N) is 3. The molecule has 2 aromatic heterocycles. The van der Waals surface area contributed by atoms with Gasteiger partial charge in [0.15, 0.2) is 0 Å². The monoisotopic (exact) mass is 457 g/mol. The number of carbonyl (C=O) groups is 1. The summed E-state index contributed by atoms with van der Waals surface area (Å²) in [5, 5.41) is 6.14. The molecule has 0 unspecified atom stereocenters. The van der Waals surface area contributed by atoms with E-state index in [4.69, 9.17) is 9.47 Å². The summed E-state index contributed by atoms with van der Waals surface area (Å²) in [6.07, 6.45) is 5.31. The Kier molecular flexibility index (Phi) is 5.76. The first kappa shape index (κ1) is 21.4. The number of carbonyl (C=O) groups excluding carboxylic acids is 1. The van der Waals surface area contributed by atoms with Crippen LogP contribution in [0.15, 0.2) is 36.7 Å². The van der Waals surface area contributed by atoms with Gasteiger partial charge in [-0.3, -0.25) is 9.20 Å². The van der Waals surface area contributed by atoms with Crippen molar-refractivity contribution in [2.45, 2.75) is 25.5 Å². The molecule has 1 aliphatic carbocycles. The quantitative estimate of drug-likeness (QED) is 0.568. The third kappa shape index (κ3) is 4.43. The third-order valence-electron chi connectivity index (χ3n) is 5.92. The Labute approximate surface area is 189 Å². The second-order valence-electron chi connectivity index (χ2n) is 8.17. The van der Waals surface area contributed by atoms with Crippen molar-refractivity contribution in [1.29, 1.82) is 0 Å². The van der Waals surface area contributed by atoms with E-state index >= 15 is 0 Å². The minimum Gasteiger partial charge on any atom is -0.496 e. The van der Waals surface area contributed by atoms with Crippen molar-refractivity contribution in [1.82, 2.24) is 20.0 Å². The second-order valence-corrected chi connectivity index (χ2v) is 8.17. The first-order valence-corrected chi connectivity index (χ1v) is 10.9. The molecule has 0 atom stereocenters. The number of anilines is 1. The van der Waals surface area contributed by atoms with Crippen LogP contribution in [-0.4, -0.2) is 61.2 Å². The van der Waals surface area contributed by atoms with Crippen LogP contribution in [0.3, 0.4) is 0 Å². The number of imidazole rings is 1. The number of rotatable bonds is 7. The Balaban J connectivity index is 1.54. The molecule has 1 amide bonds. The molecule has 1 aliphatic heterocycles. The van der Waals surface area contributed by atoms with E-state index in [2.05, 4.69) is 20.5 Å². The van der Waals surface area contributed by atoms with Crippen LogP contribution in [0.2, 0.25) is 0 Å². The number of pyridine rings is 1. The van der Waals surface area contributed by atoms with Gasteiger partial charge in [-0.05, 0) is 31.0 Å². The molecule has 2 fully saturated rings. The smallest absolute Gasteiger partial charge is 0.387 e. The maximum atomic E-state index is 13.2. The maximum absolute atomic E-state index is 13.2. The zero-order valence-electron chi connectivity index (χ0n) is 18.2. The van der Waals surface area contributed by atoms with E-state index in [0.717, 1.165) is 50.4 Å². The van der Waals surface area contributed by atoms with E-state index in [0.29, 0.717) is 11.3 Å². The fourth-order valence-electron chi connectivity index (χ4n) is 4.10. The van der Waals surface area contributed by atoms with Gasteiger partial charge in [-0.25, -0.2) is 4.98 Å². The van der Waals surface area contributed by atoms with E-state index in [-0.39, 0.29) is 23.1 Å². The number of alkyl halides is 2. The molecule has 33 heavy (non-hydrogen) atoms. The summed E-state index contributed by atoms with van der Waals surface area (Å²) in [6, 6.07) is 7.15. The second kappa shape index (κ2) is 8.86. The molecule has 0 spiro atoms. The average Bonchev–Trinajstić information content (AvgIpc) is 3.53. The fraction of sp³-hybridized carbons (Fsp3) is 0.391. The van der Waals surface area contributed by atoms with Gasteiger partial charge >= 0.3 is 6.61 Å². The minimum absolute atomic E-state index is 0.0386. The average molecular weight is 457 g/mol. The predicted octanol–water partition coefficient (Wildman–Crippen LogP) is 2.91. The Morgan fingerprint density at radius 1 is 1.21 bits per heavy atom. The number of hydrogen-bond acceptors (Lipinski definition) is 6. The molecule has 1 saturated carbocycles. The van der Waals surface area contributed by atoms with Crippen LogP contribution in [0.4, 0.5) is 14.5 Å². The standard InChI is InChI=1S/C23H25F2N5O3/c1-32-18-10-14(11-19(33-23(24)25)21(18)22(31)28-15-2-3-15)17-13-27-20-12-16(4-7-30(17)20)29-8-5-26-6-9-29/h4,7,10-13,15,23,26H,2-3,5-6,8-9H2,1H3,(H,28,31). The first-order chi connectivity index (χ1) is 16.0. The summed E-state index contributed by atoms with van der Waals surface area (Å²) in [5.74, 6) is -0.561. The van der Waals surface area contributed by atoms with Gasteiger partial charge in [0.25, 0.3) is 5.91 Å². The number of halogens is 2. The highest BCUT2D eigenvalue weighted by Crippen LogP contribution is 2.37. The van der Waals surface area contributed by atoms with Crippen molar-refractivity contribution in [2.24, 2.45) is 0 Å². The Morgan fingerprint density at radius 2 is 1.97 bits per heavy atom. The first-order valence-electron chi connectivity index (χ1n) is 10.9. The molecule has 0 bridgehead atoms. The molecule has 3 aromatic rings. The Hall–Kier alpha value is -3.40. The zero-order chi connectivity index (χ0) is 22.9. The number of ether oxygens (including phenoxy) is 2. The van der Waals surface area contributed by atoms with Gasteiger partial charge < -0.3 is 25.0 Å². The molecule has 2 aliphatic rings. The van der Waals surface area contributed by atoms with Crippen LogP contribution in [0.1, 0.15) is 23.2 Å². The molecular formula is C23H25F2N5O3. The van der Waals surface area contributed by atoms with Gasteiger partial charge in [-0.15, -0.1) is 0 Å². The molecule has 10 heteroatoms. The van der Waals surface area contributed by atoms with Crippen LogP contribution in [-0.2, 0) is 0 Å². The number of hydrogen-bond donors (Lipinski definition) is 2. The van der Waals surface area contributed by atoms with E-state index in [1.807, 2.05) is 22.7 Å². The van der Waals surface area contributed by atoms with E-state index in [1.165, 1.54) is 13.2 Å². The van der Waals surface area contributed by atoms with Crippen molar-refractivity contribution in [3.63, 3.8) is 0 Å². The van der Waals surface area contributed by atoms with Crippen LogP contribution >= 0.6 is 0 Å². The highest BCUT2D eigenvalue weighted by atomic mass is 19.3. The van der Waals surface area contributed by atoms with Gasteiger partial charge in [0.05, 0.1) is 19.0 Å². The number of aromatic nitrogens is 2. The SMILES string of the molecule is COc1cc(-c2cnc3cc(N4CCNCC4)ccn23)cc(OC(F)F)c1C(=O)NC1CC1. The van der Waals surface area contributed by atoms with Gasteiger partial charge in [-0.1, -0.05) is 0 Å². The van der Waals surface area contributed by atoms with E-state index in [9.17, 15) is 13.6 Å². The van der Waals surface area contributed by atoms with Gasteiger partial charge in [0, 0.05) is 55.7 Å². The molecular weight excluding hydrogens is 432 g/mol. The van der Waals surface area contributed by atoms with Crippen molar-refractivity contribution in [3.05, 3.63) is 42.2 Å². The molecule has 174 valence electrons. The van der Waals surface area contributed by atoms with Crippen LogP contribution in [0.25, 0.3) is 16.9 Å². The third-order valence-corrected chi connectivity index (χ3v) is 5.92. The number of nitrogens with one attached hydrogen (secondary N) is 2. The highest BCUT2D eigenvalue weighted by molar-refractivity contribution is 6.01. The topological polar surface area (TPSA) is 80.1 Å². The minimum atomic E-state index is -3.08. The lowest BCUT2D eigenvalue weighted by Crippen LogP contribution is -2.43. The normalized spacial score (nSPS) is 16.3. The summed E-state index contributed by atoms with van der Waals surface area (Å²) in [7, 11) is 1.40. The summed E-state index contributed by atoms with van der Waals surface area (Å²) in [6.45, 7) is 0.608. The number of benzene rings is 1. The number of fused-ring (bicyclic) bond motifs is 1. The van der Waals surface area contributed by atoms with Crippen LogP contribution in [0.5, 0.6) is 11.5 Å². The van der Waals surface area contributed by atoms with Crippen molar-refractivity contribution in [2.75, 3.05) is 38.2 Å². The summed E-state index contributed by atoms with van der Waals surface area (Å²) in [5.41, 5.74) is 2.99. The van der Waals surface area contributed by atoms with Crippen molar-refractivity contribution >= 4 is 17.2 Å². The van der Waals surface area contributed by atoms with E-state index < -0.39 is 12.5 Å². The number of amides is 1. The van der Waals surface area contributed by atoms with Gasteiger partial charge in [0.2, 0.25) is 0 Å². The van der Waals surface area contributed by atoms with E-state index in [1.54, 1.807) is 12.3 Å².